The second-order valence-corrected chi connectivity index (χ2v) is 19.5. The molecular weight excluding hydrogens is 972 g/mol. The number of hydrogen-bond donors (Lipinski definition) is 2. The summed E-state index contributed by atoms with van der Waals surface area (Å²) in [6, 6.07) is 31.5. The van der Waals surface area contributed by atoms with E-state index in [1.165, 1.54) is 53.4 Å². The van der Waals surface area contributed by atoms with Gasteiger partial charge in [-0.3, -0.25) is 25.1 Å². The highest BCUT2D eigenvalue weighted by Crippen LogP contribution is 2.62. The van der Waals surface area contributed by atoms with Crippen molar-refractivity contribution in [3.63, 3.8) is 0 Å². The van der Waals surface area contributed by atoms with Crippen molar-refractivity contribution in [2.75, 3.05) is 32.2 Å². The highest BCUT2D eigenvalue weighted by Gasteiger charge is 2.66. The minimum absolute atomic E-state index is 0.00233. The number of nitro benzene ring substituents is 2. The molecule has 5 aromatic carbocycles. The first kappa shape index (κ1) is 53.2. The Kier molecular flexibility index (Phi) is 18.1. The summed E-state index contributed by atoms with van der Waals surface area (Å²) < 4.78 is 41.5. The molecule has 1 fully saturated rings. The minimum Gasteiger partial charge on any atom is -0.493 e. The average molecular weight is 1030 g/mol. The number of non-ortho nitro benzene ring substituents is 2. The lowest BCUT2D eigenvalue weighted by Crippen LogP contribution is -2.70. The third kappa shape index (κ3) is 12.6. The molecule has 388 valence electrons. The Balaban J connectivity index is 1.29. The van der Waals surface area contributed by atoms with Crippen molar-refractivity contribution in [2.45, 2.75) is 80.7 Å². The number of oxime groups is 1. The van der Waals surface area contributed by atoms with Crippen LogP contribution in [0.5, 0.6) is 17.2 Å². The van der Waals surface area contributed by atoms with Gasteiger partial charge < -0.3 is 34.0 Å². The first-order valence-electron chi connectivity index (χ1n) is 24.7. The largest absolute Gasteiger partial charge is 0.493 e. The van der Waals surface area contributed by atoms with Crippen molar-refractivity contribution in [3.05, 3.63) is 188 Å². The van der Waals surface area contributed by atoms with E-state index in [-0.39, 0.29) is 68.4 Å². The Bertz CT molecular complexity index is 2780. The van der Waals surface area contributed by atoms with Crippen molar-refractivity contribution >= 4 is 34.9 Å². The molecule has 1 heterocycles. The topological polar surface area (TPSA) is 206 Å². The smallest absolute Gasteiger partial charge is 0.416 e. The van der Waals surface area contributed by atoms with Gasteiger partial charge in [-0.2, -0.15) is 0 Å². The van der Waals surface area contributed by atoms with Gasteiger partial charge in [0.1, 0.15) is 35.7 Å². The fourth-order valence-electron chi connectivity index (χ4n) is 10.4. The highest BCUT2D eigenvalue weighted by molar-refractivity contribution is 7.99. The average Bonchev–Trinajstić information content (AvgIpc) is 3.41. The number of carbonyl (C=O) groups is 1. The molecule has 0 bridgehead atoms. The summed E-state index contributed by atoms with van der Waals surface area (Å²) in [7, 11) is 0. The van der Waals surface area contributed by atoms with Crippen LogP contribution in [0, 0.1) is 43.8 Å². The van der Waals surface area contributed by atoms with Crippen LogP contribution in [0.25, 0.3) is 0 Å². The molecule has 2 N–H and O–H groups in total. The third-order valence-electron chi connectivity index (χ3n) is 13.7. The van der Waals surface area contributed by atoms with Crippen molar-refractivity contribution < 1.29 is 53.0 Å². The van der Waals surface area contributed by atoms with E-state index in [4.69, 9.17) is 28.9 Å². The minimum atomic E-state index is -1.70. The highest BCUT2D eigenvalue weighted by atomic mass is 32.2. The predicted molar refractivity (Wildman–Crippen MR) is 277 cm³/mol. The summed E-state index contributed by atoms with van der Waals surface area (Å²) in [6.45, 7) is 4.22. The first-order chi connectivity index (χ1) is 36.0. The Labute approximate surface area is 432 Å². The number of unbranched alkanes of at least 4 members (excludes halogenated alkanes) is 2. The first-order valence-corrected chi connectivity index (χ1v) is 25.7. The number of nitrogens with zero attached hydrogens (tertiary/aromatic N) is 4. The molecule has 0 aromatic heterocycles. The van der Waals surface area contributed by atoms with E-state index >= 15 is 4.79 Å². The predicted octanol–water partition coefficient (Wildman–Crippen LogP) is 11.3. The standard InChI is InChI=1S/C56H59FN4O12S/c1-2-30-70-56-52(59(36-38-14-18-41(57)19-15-38)55(64)72-44-24-22-43(23-25-44)61(67)68)35-50(58-71-37-39-16-20-42(21-17-39)60(65)66)48-33-40(10-6-8-28-62)47(13-7-9-29-63)53(54(48)56)49-34-45(26-27-51(49)73-56)69-31-32-74-46-11-4-3-5-12-46/h2-5,11-12,14-27,33-34,40,47,52-54,62-63H,1,6-10,13,28-32,35-37H2/t40-,47+,52-,53+,54+,56+/m0/s1. The van der Waals surface area contributed by atoms with Crippen LogP contribution >= 0.6 is 11.8 Å². The molecule has 0 radical (unpaired) electrons. The molecule has 2 aliphatic carbocycles. The number of halogens is 1. The summed E-state index contributed by atoms with van der Waals surface area (Å²) in [5.74, 6) is -1.65. The Morgan fingerprint density at radius 3 is 2.20 bits per heavy atom. The number of rotatable bonds is 25. The van der Waals surface area contributed by atoms with Crippen LogP contribution in [0.4, 0.5) is 20.6 Å². The maximum absolute atomic E-state index is 15.1. The van der Waals surface area contributed by atoms with Crippen molar-refractivity contribution in [1.29, 1.82) is 0 Å². The van der Waals surface area contributed by atoms with E-state index in [9.17, 15) is 34.8 Å². The van der Waals surface area contributed by atoms with Gasteiger partial charge in [0.15, 0.2) is 0 Å². The van der Waals surface area contributed by atoms with E-state index in [0.29, 0.717) is 79.2 Å². The number of hydrogen-bond acceptors (Lipinski definition) is 14. The van der Waals surface area contributed by atoms with Gasteiger partial charge in [0.05, 0.1) is 34.7 Å². The quantitative estimate of drug-likeness (QED) is 0.0184. The fraction of sp³-hybridized carbons (Fsp3) is 0.357. The summed E-state index contributed by atoms with van der Waals surface area (Å²) in [6.07, 6.45) is 6.84. The number of aliphatic hydroxyl groups excluding tert-OH is 2. The maximum atomic E-state index is 15.1. The lowest BCUT2D eigenvalue weighted by molar-refractivity contribution is -0.385. The molecule has 1 saturated carbocycles. The number of benzene rings is 5. The zero-order chi connectivity index (χ0) is 52.0. The summed E-state index contributed by atoms with van der Waals surface area (Å²) >= 11 is 1.68. The normalized spacial score (nSPS) is 21.0. The van der Waals surface area contributed by atoms with Crippen LogP contribution in [0.15, 0.2) is 156 Å². The van der Waals surface area contributed by atoms with Crippen molar-refractivity contribution in [3.8, 4) is 17.2 Å². The molecule has 3 aliphatic rings. The van der Waals surface area contributed by atoms with Crippen LogP contribution < -0.4 is 14.2 Å². The monoisotopic (exact) mass is 1030 g/mol. The third-order valence-corrected chi connectivity index (χ3v) is 14.7. The molecule has 1 amide bonds. The number of ether oxygens (including phenoxy) is 4. The van der Waals surface area contributed by atoms with E-state index in [2.05, 4.69) is 24.8 Å². The molecule has 6 atom stereocenters. The second-order valence-electron chi connectivity index (χ2n) is 18.4. The number of aliphatic hydroxyl groups is 2. The van der Waals surface area contributed by atoms with E-state index in [0.717, 1.165) is 16.0 Å². The molecule has 1 aliphatic heterocycles. The van der Waals surface area contributed by atoms with E-state index in [1.54, 1.807) is 42.1 Å². The van der Waals surface area contributed by atoms with Gasteiger partial charge in [-0.1, -0.05) is 60.5 Å². The second kappa shape index (κ2) is 25.2. The van der Waals surface area contributed by atoms with Gasteiger partial charge in [-0.25, -0.2) is 9.18 Å². The Morgan fingerprint density at radius 2 is 1.53 bits per heavy atom. The van der Waals surface area contributed by atoms with Gasteiger partial charge in [0.2, 0.25) is 5.79 Å². The van der Waals surface area contributed by atoms with Crippen molar-refractivity contribution in [1.82, 2.24) is 4.90 Å². The molecule has 74 heavy (non-hydrogen) atoms. The molecular formula is C56H59FN4O12S. The van der Waals surface area contributed by atoms with Crippen LogP contribution in [-0.4, -0.2) is 80.8 Å². The molecule has 5 aromatic rings. The van der Waals surface area contributed by atoms with Crippen LogP contribution in [0.2, 0.25) is 0 Å². The molecule has 0 saturated heterocycles. The van der Waals surface area contributed by atoms with Gasteiger partial charge in [-0.05, 0) is 121 Å². The van der Waals surface area contributed by atoms with Crippen LogP contribution in [-0.2, 0) is 22.7 Å². The zero-order valence-corrected chi connectivity index (χ0v) is 41.6. The molecule has 16 nitrogen and oxygen atoms in total. The Morgan fingerprint density at radius 1 is 0.865 bits per heavy atom. The Hall–Kier alpha value is -7.12. The van der Waals surface area contributed by atoms with Crippen LogP contribution in [0.3, 0.4) is 0 Å². The maximum Gasteiger partial charge on any atom is 0.416 e. The van der Waals surface area contributed by atoms with E-state index < -0.39 is 45.4 Å². The number of carbonyl (C=O) groups excluding carboxylic acids is 1. The summed E-state index contributed by atoms with van der Waals surface area (Å²) in [5, 5.41) is 48.0. The van der Waals surface area contributed by atoms with Gasteiger partial charge >= 0.3 is 6.09 Å². The van der Waals surface area contributed by atoms with Gasteiger partial charge in [-0.15, -0.1) is 18.3 Å². The number of thioether (sulfide) groups is 1. The van der Waals surface area contributed by atoms with Crippen molar-refractivity contribution in [2.24, 2.45) is 22.9 Å². The van der Waals surface area contributed by atoms with Gasteiger partial charge in [0.25, 0.3) is 11.4 Å². The SMILES string of the molecule is C=CCO[C@@]12Oc3ccc(OCCSc4ccccc4)cc3[C@H]3[C@H](CCCCO)[C@@H](CCCCO)C=C(C(=NOCc4ccc([N+](=O)[O-])cc4)C[C@@H]1N(Cc1ccc(F)cc1)C(=O)Oc1ccc([N+](=O)[O-])cc1)[C@H]32. The van der Waals surface area contributed by atoms with Gasteiger partial charge in [0, 0.05) is 72.6 Å². The molecule has 18 heteroatoms. The zero-order valence-electron chi connectivity index (χ0n) is 40.7. The van der Waals surface area contributed by atoms with Crippen LogP contribution in [0.1, 0.15) is 67.6 Å². The van der Waals surface area contributed by atoms with E-state index in [1.807, 2.05) is 36.4 Å². The number of fused-ring (bicyclic) bond motifs is 2. The molecule has 0 spiro atoms. The number of amides is 1. The number of nitro groups is 2. The lowest BCUT2D eigenvalue weighted by Gasteiger charge is -2.59. The molecule has 8 rings (SSSR count). The number of allylic oxidation sites excluding steroid dienone is 1. The molecule has 0 unspecified atom stereocenters. The summed E-state index contributed by atoms with van der Waals surface area (Å²) in [5.41, 5.74) is 2.94. The lowest BCUT2D eigenvalue weighted by atomic mass is 9.55. The fourth-order valence-corrected chi connectivity index (χ4v) is 11.1. The summed E-state index contributed by atoms with van der Waals surface area (Å²) in [4.78, 5) is 45.9.